The normalized spacial score (nSPS) is 18.7. The molecule has 1 fully saturated rings. The molecule has 0 aromatic carbocycles. The quantitative estimate of drug-likeness (QED) is 0.0228. The Kier molecular flexibility index (Phi) is 48.0. The number of carbonyl (C=O) groups is 4. The minimum atomic E-state index is -1.91. The summed E-state index contributed by atoms with van der Waals surface area (Å²) in [4.78, 5) is 51.1. The van der Waals surface area contributed by atoms with Crippen LogP contribution in [0.2, 0.25) is 0 Å². The molecule has 12 heteroatoms. The molecule has 6 atom stereocenters. The van der Waals surface area contributed by atoms with Crippen LogP contribution in [0.5, 0.6) is 0 Å². The van der Waals surface area contributed by atoms with E-state index in [2.05, 4.69) is 106 Å². The molecular weight excluding hydrogens is 973 g/mol. The molecule has 1 heterocycles. The Hall–Kier alpha value is -4.36. The van der Waals surface area contributed by atoms with Crippen LogP contribution in [-0.4, -0.2) is 89.2 Å². The van der Waals surface area contributed by atoms with Gasteiger partial charge in [0.1, 0.15) is 18.8 Å². The Morgan fingerprint density at radius 2 is 0.831 bits per heavy atom. The van der Waals surface area contributed by atoms with E-state index in [1.807, 2.05) is 12.2 Å². The van der Waals surface area contributed by atoms with Crippen LogP contribution >= 0.6 is 0 Å². The summed E-state index contributed by atoms with van der Waals surface area (Å²) in [5, 5.41) is 31.5. The molecule has 0 aromatic rings. The molecule has 1 rings (SSSR count). The van der Waals surface area contributed by atoms with Gasteiger partial charge in [0.15, 0.2) is 24.6 Å². The number of carbonyl (C=O) groups excluding carboxylic acids is 3. The molecule has 1 aliphatic rings. The standard InChI is InChI=1S/C65H106O12/c1-4-7-10-13-16-19-22-24-26-28-29-31-32-34-37-39-42-45-48-51-57(66)73-54-56(75-58(67)52-49-46-43-41-38-35-33-30-27-25-23-20-17-14-11-8-5-2)55-74-65-63(61(70)60(69)62(77-65)64(71)72)76-59(68)53-50-47-44-40-36-21-18-15-12-9-6-3/h8,11,16-17,19-20,24-27,29,31,33,35,41,43,56,60-63,65,69-70H,4-7,9-10,12-15,18,21-23,28,30,32,34,36-40,42,44-55H2,1-3H3,(H,71,72)/b11-8-,19-16-,20-17-,26-24-,27-25-,31-29-,35-33-,43-41-. The van der Waals surface area contributed by atoms with E-state index in [9.17, 15) is 34.5 Å². The molecule has 438 valence electrons. The van der Waals surface area contributed by atoms with Crippen LogP contribution in [0.25, 0.3) is 0 Å². The van der Waals surface area contributed by atoms with E-state index in [-0.39, 0.29) is 25.9 Å². The van der Waals surface area contributed by atoms with Crippen LogP contribution < -0.4 is 0 Å². The maximum atomic E-state index is 13.1. The molecule has 0 aromatic heterocycles. The van der Waals surface area contributed by atoms with Gasteiger partial charge < -0.3 is 39.0 Å². The number of hydrogen-bond donors (Lipinski definition) is 3. The number of aliphatic hydroxyl groups excluding tert-OH is 2. The Morgan fingerprint density at radius 3 is 1.31 bits per heavy atom. The molecule has 77 heavy (non-hydrogen) atoms. The number of esters is 3. The van der Waals surface area contributed by atoms with Crippen molar-refractivity contribution >= 4 is 23.9 Å². The summed E-state index contributed by atoms with van der Waals surface area (Å²) < 4.78 is 28.4. The van der Waals surface area contributed by atoms with Gasteiger partial charge in [0.2, 0.25) is 0 Å². The van der Waals surface area contributed by atoms with E-state index in [0.717, 1.165) is 109 Å². The average molecular weight is 1080 g/mol. The number of ether oxygens (including phenoxy) is 5. The van der Waals surface area contributed by atoms with Crippen molar-refractivity contribution in [3.8, 4) is 0 Å². The molecule has 3 N–H and O–H groups in total. The maximum absolute atomic E-state index is 13.1. The van der Waals surface area contributed by atoms with Crippen LogP contribution in [0.4, 0.5) is 0 Å². The van der Waals surface area contributed by atoms with Crippen LogP contribution in [-0.2, 0) is 42.9 Å². The van der Waals surface area contributed by atoms with E-state index in [4.69, 9.17) is 23.7 Å². The summed E-state index contributed by atoms with van der Waals surface area (Å²) in [6, 6.07) is 0. The number of allylic oxidation sites excluding steroid dienone is 16. The van der Waals surface area contributed by atoms with Gasteiger partial charge >= 0.3 is 23.9 Å². The van der Waals surface area contributed by atoms with Crippen molar-refractivity contribution in [2.24, 2.45) is 0 Å². The summed E-state index contributed by atoms with van der Waals surface area (Å²) >= 11 is 0. The predicted molar refractivity (Wildman–Crippen MR) is 312 cm³/mol. The third-order valence-electron chi connectivity index (χ3n) is 13.1. The van der Waals surface area contributed by atoms with E-state index in [1.165, 1.54) is 64.2 Å². The number of rotatable bonds is 50. The molecule has 0 amide bonds. The topological polar surface area (TPSA) is 175 Å². The molecule has 1 saturated heterocycles. The lowest BCUT2D eigenvalue weighted by Crippen LogP contribution is -2.61. The summed E-state index contributed by atoms with van der Waals surface area (Å²) in [5.74, 6) is -3.22. The number of aliphatic hydroxyl groups is 2. The van der Waals surface area contributed by atoms with E-state index < -0.39 is 67.3 Å². The summed E-state index contributed by atoms with van der Waals surface area (Å²) in [6.07, 6.45) is 56.7. The lowest BCUT2D eigenvalue weighted by atomic mass is 9.98. The van der Waals surface area contributed by atoms with Crippen molar-refractivity contribution in [3.63, 3.8) is 0 Å². The fourth-order valence-electron chi connectivity index (χ4n) is 8.53. The van der Waals surface area contributed by atoms with Gasteiger partial charge in [-0.05, 0) is 96.3 Å². The molecule has 12 nitrogen and oxygen atoms in total. The van der Waals surface area contributed by atoms with Crippen LogP contribution in [0.3, 0.4) is 0 Å². The van der Waals surface area contributed by atoms with Crippen molar-refractivity contribution in [1.29, 1.82) is 0 Å². The fraction of sp³-hybridized carbons (Fsp3) is 0.692. The predicted octanol–water partition coefficient (Wildman–Crippen LogP) is 15.7. The summed E-state index contributed by atoms with van der Waals surface area (Å²) in [6.45, 7) is 5.78. The minimum Gasteiger partial charge on any atom is -0.479 e. The highest BCUT2D eigenvalue weighted by Gasteiger charge is 2.50. The largest absolute Gasteiger partial charge is 0.479 e. The van der Waals surface area contributed by atoms with Gasteiger partial charge in [-0.15, -0.1) is 0 Å². The van der Waals surface area contributed by atoms with Gasteiger partial charge in [-0.25, -0.2) is 4.79 Å². The molecular formula is C65H106O12. The van der Waals surface area contributed by atoms with Crippen molar-refractivity contribution in [1.82, 2.24) is 0 Å². The first-order valence-corrected chi connectivity index (χ1v) is 30.2. The Labute approximate surface area is 466 Å². The molecule has 0 spiro atoms. The fourth-order valence-corrected chi connectivity index (χ4v) is 8.53. The number of carboxylic acids is 1. The van der Waals surface area contributed by atoms with Crippen LogP contribution in [0.1, 0.15) is 239 Å². The van der Waals surface area contributed by atoms with Gasteiger partial charge in [-0.1, -0.05) is 221 Å². The first kappa shape index (κ1) is 70.7. The third kappa shape index (κ3) is 42.3. The molecule has 1 aliphatic heterocycles. The maximum Gasteiger partial charge on any atom is 0.335 e. The minimum absolute atomic E-state index is 0.0507. The molecule has 0 saturated carbocycles. The highest BCUT2D eigenvalue weighted by Crippen LogP contribution is 2.26. The van der Waals surface area contributed by atoms with Gasteiger partial charge in [0, 0.05) is 19.3 Å². The van der Waals surface area contributed by atoms with Gasteiger partial charge in [-0.3, -0.25) is 14.4 Å². The second-order valence-corrected chi connectivity index (χ2v) is 20.3. The molecule has 0 aliphatic carbocycles. The molecule has 6 unspecified atom stereocenters. The summed E-state index contributed by atoms with van der Waals surface area (Å²) in [7, 11) is 0. The smallest absolute Gasteiger partial charge is 0.335 e. The van der Waals surface area contributed by atoms with E-state index in [1.54, 1.807) is 0 Å². The Bertz CT molecular complexity index is 1710. The summed E-state index contributed by atoms with van der Waals surface area (Å²) in [5.41, 5.74) is 0. The lowest BCUT2D eigenvalue weighted by molar-refractivity contribution is -0.301. The molecule has 0 radical (unpaired) electrons. The van der Waals surface area contributed by atoms with Crippen LogP contribution in [0.15, 0.2) is 97.2 Å². The van der Waals surface area contributed by atoms with Gasteiger partial charge in [-0.2, -0.15) is 0 Å². The third-order valence-corrected chi connectivity index (χ3v) is 13.1. The van der Waals surface area contributed by atoms with Crippen molar-refractivity contribution in [3.05, 3.63) is 97.2 Å². The average Bonchev–Trinajstić information content (AvgIpc) is 3.42. The number of carboxylic acid groups (broad SMARTS) is 1. The zero-order valence-corrected chi connectivity index (χ0v) is 48.2. The second kappa shape index (κ2) is 52.3. The number of hydrogen-bond acceptors (Lipinski definition) is 11. The van der Waals surface area contributed by atoms with E-state index in [0.29, 0.717) is 25.7 Å². The first-order chi connectivity index (χ1) is 37.6. The van der Waals surface area contributed by atoms with E-state index >= 15 is 0 Å². The zero-order chi connectivity index (χ0) is 56.1. The highest BCUT2D eigenvalue weighted by molar-refractivity contribution is 5.74. The second-order valence-electron chi connectivity index (χ2n) is 20.3. The Balaban J connectivity index is 2.73. The highest BCUT2D eigenvalue weighted by atomic mass is 16.7. The number of unbranched alkanes of at least 4 members (excludes halogenated alkanes) is 20. The lowest BCUT2D eigenvalue weighted by Gasteiger charge is -2.40. The van der Waals surface area contributed by atoms with Crippen molar-refractivity contribution in [2.45, 2.75) is 276 Å². The monoisotopic (exact) mass is 1080 g/mol. The van der Waals surface area contributed by atoms with Gasteiger partial charge in [0.05, 0.1) is 6.61 Å². The molecule has 0 bridgehead atoms. The van der Waals surface area contributed by atoms with Crippen molar-refractivity contribution < 1.29 is 58.2 Å². The van der Waals surface area contributed by atoms with Gasteiger partial charge in [0.25, 0.3) is 0 Å². The van der Waals surface area contributed by atoms with Crippen molar-refractivity contribution in [2.75, 3.05) is 13.2 Å². The first-order valence-electron chi connectivity index (χ1n) is 30.2. The zero-order valence-electron chi connectivity index (χ0n) is 48.2. The SMILES string of the molecule is CC/C=C\C/C=C\C/C=C\C/C=C\C/C=C\CCCC(=O)OC(COC(=O)CCCCCCCC/C=C\C/C=C\C/C=C\CCCCC)COC1OC(C(=O)O)C(O)C(O)C1OC(=O)CCCCCCCCCCCCC. The number of aliphatic carboxylic acids is 1. The Morgan fingerprint density at radius 1 is 0.442 bits per heavy atom. The van der Waals surface area contributed by atoms with Crippen LogP contribution in [0, 0.1) is 0 Å².